The smallest absolute Gasteiger partial charge is 0.166 e. The monoisotopic (exact) mass is 413 g/mol. The Kier molecular flexibility index (Phi) is 5.25. The number of benzene rings is 2. The van der Waals surface area contributed by atoms with E-state index in [1.165, 1.54) is 11.1 Å². The van der Waals surface area contributed by atoms with Gasteiger partial charge >= 0.3 is 0 Å². The minimum Gasteiger partial charge on any atom is -0.391 e. The van der Waals surface area contributed by atoms with Crippen molar-refractivity contribution in [3.8, 4) is 0 Å². The topological polar surface area (TPSA) is 40.5 Å². The van der Waals surface area contributed by atoms with E-state index in [1.54, 1.807) is 0 Å². The number of likely N-dealkylation sites (tertiary alicyclic amines) is 1. The van der Waals surface area contributed by atoms with Crippen molar-refractivity contribution in [2.45, 2.75) is 37.8 Å². The third-order valence-electron chi connectivity index (χ3n) is 5.92. The highest BCUT2D eigenvalue weighted by Gasteiger charge is 2.35. The molecule has 0 aromatic heterocycles. The number of rotatable bonds is 3. The van der Waals surface area contributed by atoms with Gasteiger partial charge in [0.15, 0.2) is 5.78 Å². The van der Waals surface area contributed by atoms with Crippen molar-refractivity contribution in [2.75, 3.05) is 13.1 Å². The van der Waals surface area contributed by atoms with Crippen molar-refractivity contribution in [3.63, 3.8) is 0 Å². The molecule has 0 spiro atoms. The minimum absolute atomic E-state index is 0.0976. The Morgan fingerprint density at radius 3 is 2.23 bits per heavy atom. The summed E-state index contributed by atoms with van der Waals surface area (Å²) < 4.78 is 0.996. The van der Waals surface area contributed by atoms with Crippen molar-refractivity contribution < 1.29 is 9.90 Å². The summed E-state index contributed by atoms with van der Waals surface area (Å²) in [4.78, 5) is 15.1. The van der Waals surface area contributed by atoms with Crippen LogP contribution in [-0.2, 0) is 12.8 Å². The van der Waals surface area contributed by atoms with Crippen LogP contribution < -0.4 is 0 Å². The second-order valence-corrected chi connectivity index (χ2v) is 8.41. The number of nitrogens with zero attached hydrogens (tertiary/aromatic N) is 1. The van der Waals surface area contributed by atoms with Crippen LogP contribution in [-0.4, -0.2) is 41.0 Å². The van der Waals surface area contributed by atoms with Crippen LogP contribution in [0.15, 0.2) is 53.0 Å². The summed E-state index contributed by atoms with van der Waals surface area (Å²) in [6.07, 6.45) is 3.07. The molecule has 1 N–H and O–H groups in total. The quantitative estimate of drug-likeness (QED) is 0.776. The van der Waals surface area contributed by atoms with E-state index < -0.39 is 0 Å². The minimum atomic E-state index is -0.316. The number of ketones is 1. The summed E-state index contributed by atoms with van der Waals surface area (Å²) >= 11 is 3.42. The Morgan fingerprint density at radius 2 is 1.58 bits per heavy atom. The van der Waals surface area contributed by atoms with Gasteiger partial charge in [0.25, 0.3) is 0 Å². The molecule has 0 radical (unpaired) electrons. The lowest BCUT2D eigenvalue weighted by Crippen LogP contribution is -2.51. The number of aliphatic hydroxyl groups excluding tert-OH is 1. The number of halogens is 1. The molecule has 1 unspecified atom stereocenters. The molecule has 2 aromatic rings. The van der Waals surface area contributed by atoms with Crippen molar-refractivity contribution in [3.05, 3.63) is 69.7 Å². The SMILES string of the molecule is O=C(c1ccc(Br)cc1)C1CCN(C2Cc3ccccc3C[C@H]2O)CC1. The van der Waals surface area contributed by atoms with Gasteiger partial charge in [-0.3, -0.25) is 9.69 Å². The van der Waals surface area contributed by atoms with Gasteiger partial charge in [-0.25, -0.2) is 0 Å². The van der Waals surface area contributed by atoms with Crippen LogP contribution in [0, 0.1) is 5.92 Å². The maximum absolute atomic E-state index is 12.7. The van der Waals surface area contributed by atoms with Gasteiger partial charge in [0, 0.05) is 28.4 Å². The second kappa shape index (κ2) is 7.63. The van der Waals surface area contributed by atoms with Crippen molar-refractivity contribution in [1.29, 1.82) is 0 Å². The molecule has 4 rings (SSSR count). The van der Waals surface area contributed by atoms with Gasteiger partial charge in [-0.1, -0.05) is 52.3 Å². The molecular formula is C22H24BrNO2. The Bertz CT molecular complexity index is 781. The fraction of sp³-hybridized carbons (Fsp3) is 0.409. The highest BCUT2D eigenvalue weighted by Crippen LogP contribution is 2.29. The summed E-state index contributed by atoms with van der Waals surface area (Å²) in [5.41, 5.74) is 3.44. The molecule has 1 aliphatic carbocycles. The number of hydrogen-bond acceptors (Lipinski definition) is 3. The van der Waals surface area contributed by atoms with Gasteiger partial charge in [0.1, 0.15) is 0 Å². The van der Waals surface area contributed by atoms with E-state index in [0.29, 0.717) is 0 Å². The Labute approximate surface area is 163 Å². The van der Waals surface area contributed by atoms with E-state index >= 15 is 0 Å². The molecule has 0 bridgehead atoms. The first kappa shape index (κ1) is 17.9. The third-order valence-corrected chi connectivity index (χ3v) is 6.45. The average molecular weight is 414 g/mol. The summed E-state index contributed by atoms with van der Waals surface area (Å²) in [6.45, 7) is 1.77. The lowest BCUT2D eigenvalue weighted by Gasteiger charge is -2.41. The van der Waals surface area contributed by atoms with Gasteiger partial charge < -0.3 is 5.11 Å². The van der Waals surface area contributed by atoms with Gasteiger partial charge in [-0.15, -0.1) is 0 Å². The molecule has 136 valence electrons. The molecule has 1 heterocycles. The highest BCUT2D eigenvalue weighted by atomic mass is 79.9. The first-order valence-corrected chi connectivity index (χ1v) is 10.2. The second-order valence-electron chi connectivity index (χ2n) is 7.49. The summed E-state index contributed by atoms with van der Waals surface area (Å²) in [7, 11) is 0. The Morgan fingerprint density at radius 1 is 0.962 bits per heavy atom. The van der Waals surface area contributed by atoms with Gasteiger partial charge in [0.2, 0.25) is 0 Å². The van der Waals surface area contributed by atoms with Crippen LogP contribution in [0.4, 0.5) is 0 Å². The lowest BCUT2D eigenvalue weighted by atomic mass is 9.83. The van der Waals surface area contributed by atoms with Crippen LogP contribution in [0.5, 0.6) is 0 Å². The molecule has 1 fully saturated rings. The van der Waals surface area contributed by atoms with E-state index in [0.717, 1.165) is 48.8 Å². The molecule has 1 saturated heterocycles. The Balaban J connectivity index is 1.39. The first-order valence-electron chi connectivity index (χ1n) is 9.40. The number of hydrogen-bond donors (Lipinski definition) is 1. The van der Waals surface area contributed by atoms with Gasteiger partial charge in [-0.2, -0.15) is 0 Å². The molecule has 2 aromatic carbocycles. The van der Waals surface area contributed by atoms with Crippen LogP contribution in [0.1, 0.15) is 34.3 Å². The zero-order valence-corrected chi connectivity index (χ0v) is 16.4. The van der Waals surface area contributed by atoms with Gasteiger partial charge in [0.05, 0.1) is 6.10 Å². The molecular weight excluding hydrogens is 390 g/mol. The standard InChI is InChI=1S/C22H24BrNO2/c23-19-7-5-15(6-8-19)22(26)16-9-11-24(12-10-16)20-13-17-3-1-2-4-18(17)14-21(20)25/h1-8,16,20-21,25H,9-14H2/t20?,21-/m1/s1. The van der Waals surface area contributed by atoms with Crippen LogP contribution in [0.3, 0.4) is 0 Å². The highest BCUT2D eigenvalue weighted by molar-refractivity contribution is 9.10. The number of fused-ring (bicyclic) bond motifs is 1. The van der Waals surface area contributed by atoms with E-state index in [-0.39, 0.29) is 23.8 Å². The van der Waals surface area contributed by atoms with Gasteiger partial charge in [-0.05, 0) is 55.6 Å². The normalized spacial score (nSPS) is 24.2. The fourth-order valence-corrected chi connectivity index (χ4v) is 4.66. The summed E-state index contributed by atoms with van der Waals surface area (Å²) in [6, 6.07) is 16.3. The number of carbonyl (C=O) groups excluding carboxylic acids is 1. The van der Waals surface area contributed by atoms with Crippen LogP contribution >= 0.6 is 15.9 Å². The molecule has 1 aliphatic heterocycles. The number of piperidine rings is 1. The predicted octanol–water partition coefficient (Wildman–Crippen LogP) is 3.87. The number of aliphatic hydroxyl groups is 1. The van der Waals surface area contributed by atoms with E-state index in [2.05, 4.69) is 39.0 Å². The third kappa shape index (κ3) is 3.64. The predicted molar refractivity (Wildman–Crippen MR) is 106 cm³/mol. The van der Waals surface area contributed by atoms with E-state index in [9.17, 15) is 9.90 Å². The van der Waals surface area contributed by atoms with Crippen molar-refractivity contribution in [2.24, 2.45) is 5.92 Å². The summed E-state index contributed by atoms with van der Waals surface area (Å²) in [5.74, 6) is 0.354. The number of carbonyl (C=O) groups is 1. The van der Waals surface area contributed by atoms with Crippen LogP contribution in [0.2, 0.25) is 0 Å². The van der Waals surface area contributed by atoms with E-state index in [1.807, 2.05) is 30.3 Å². The molecule has 2 aliphatic rings. The van der Waals surface area contributed by atoms with Crippen molar-refractivity contribution >= 4 is 21.7 Å². The number of Topliss-reactive ketones (excluding diaryl/α,β-unsaturated/α-hetero) is 1. The molecule has 4 heteroatoms. The summed E-state index contributed by atoms with van der Waals surface area (Å²) in [5, 5.41) is 10.6. The molecule has 26 heavy (non-hydrogen) atoms. The van der Waals surface area contributed by atoms with E-state index in [4.69, 9.17) is 0 Å². The fourth-order valence-electron chi connectivity index (χ4n) is 4.39. The first-order chi connectivity index (χ1) is 12.6. The molecule has 2 atom stereocenters. The average Bonchev–Trinajstić information content (AvgIpc) is 2.68. The molecule has 3 nitrogen and oxygen atoms in total. The zero-order chi connectivity index (χ0) is 18.1. The zero-order valence-electron chi connectivity index (χ0n) is 14.8. The largest absolute Gasteiger partial charge is 0.391 e. The maximum Gasteiger partial charge on any atom is 0.166 e. The molecule has 0 amide bonds. The van der Waals surface area contributed by atoms with Crippen molar-refractivity contribution in [1.82, 2.24) is 4.90 Å². The lowest BCUT2D eigenvalue weighted by molar-refractivity contribution is 0.0239. The Hall–Kier alpha value is -1.49. The van der Waals surface area contributed by atoms with Crippen LogP contribution in [0.25, 0.3) is 0 Å². The molecule has 0 saturated carbocycles. The maximum atomic E-state index is 12.7.